The number of hydrogen-bond donors (Lipinski definition) is 1. The van der Waals surface area contributed by atoms with E-state index in [1.165, 1.54) is 52.2 Å². The smallest absolute Gasteiger partial charge is 0.325 e. The van der Waals surface area contributed by atoms with Gasteiger partial charge in [-0.1, -0.05) is 12.8 Å². The van der Waals surface area contributed by atoms with Gasteiger partial charge in [0.15, 0.2) is 0 Å². The first kappa shape index (κ1) is 14.3. The molecule has 0 spiro atoms. The third-order valence-corrected chi connectivity index (χ3v) is 5.87. The lowest BCUT2D eigenvalue weighted by molar-refractivity contribution is -0.147. The van der Waals surface area contributed by atoms with Crippen LogP contribution < -0.4 is 5.73 Å². The van der Waals surface area contributed by atoms with E-state index in [0.29, 0.717) is 6.04 Å². The van der Waals surface area contributed by atoms with Crippen LogP contribution in [-0.2, 0) is 9.53 Å². The number of methoxy groups -OCH3 is 1. The lowest BCUT2D eigenvalue weighted by Crippen LogP contribution is -2.53. The molecule has 0 aromatic carbocycles. The fourth-order valence-electron chi connectivity index (χ4n) is 4.84. The first-order valence-electron chi connectivity index (χ1n) is 8.27. The van der Waals surface area contributed by atoms with Gasteiger partial charge < -0.3 is 10.5 Å². The Morgan fingerprint density at radius 2 is 1.95 bits per heavy atom. The van der Waals surface area contributed by atoms with Crippen LogP contribution in [0.25, 0.3) is 0 Å². The number of carbonyl (C=O) groups excluding carboxylic acids is 1. The van der Waals surface area contributed by atoms with Gasteiger partial charge in [0.25, 0.3) is 0 Å². The summed E-state index contributed by atoms with van der Waals surface area (Å²) in [6.45, 7) is 1.20. The molecular formula is C16H28N2O2. The lowest BCUT2D eigenvalue weighted by Gasteiger charge is -2.47. The second-order valence-corrected chi connectivity index (χ2v) is 7.04. The Kier molecular flexibility index (Phi) is 4.04. The van der Waals surface area contributed by atoms with E-state index in [-0.39, 0.29) is 5.97 Å². The van der Waals surface area contributed by atoms with Gasteiger partial charge in [-0.25, -0.2) is 0 Å². The molecule has 2 aliphatic carbocycles. The topological polar surface area (TPSA) is 55.6 Å². The van der Waals surface area contributed by atoms with Gasteiger partial charge in [-0.05, 0) is 57.4 Å². The Morgan fingerprint density at radius 1 is 1.20 bits per heavy atom. The van der Waals surface area contributed by atoms with E-state index < -0.39 is 5.54 Å². The number of hydrogen-bond acceptors (Lipinski definition) is 4. The number of carbonyl (C=O) groups is 1. The highest BCUT2D eigenvalue weighted by molar-refractivity contribution is 5.81. The zero-order valence-corrected chi connectivity index (χ0v) is 12.6. The second kappa shape index (κ2) is 5.64. The molecule has 4 atom stereocenters. The number of esters is 1. The van der Waals surface area contributed by atoms with Crippen molar-refractivity contribution in [2.24, 2.45) is 11.7 Å². The summed E-state index contributed by atoms with van der Waals surface area (Å²) in [5, 5.41) is 0. The molecule has 3 aliphatic rings. The molecule has 0 aromatic rings. The zero-order chi connectivity index (χ0) is 14.2. The van der Waals surface area contributed by atoms with Crippen molar-refractivity contribution in [3.05, 3.63) is 0 Å². The molecule has 0 amide bonds. The number of piperidine rings is 1. The van der Waals surface area contributed by atoms with Crippen LogP contribution in [0.15, 0.2) is 0 Å². The molecule has 3 fully saturated rings. The number of likely N-dealkylation sites (tertiary alicyclic amines) is 1. The van der Waals surface area contributed by atoms with Crippen molar-refractivity contribution in [2.75, 3.05) is 13.7 Å². The van der Waals surface area contributed by atoms with Crippen molar-refractivity contribution < 1.29 is 9.53 Å². The quantitative estimate of drug-likeness (QED) is 0.787. The van der Waals surface area contributed by atoms with Gasteiger partial charge in [0.1, 0.15) is 5.54 Å². The summed E-state index contributed by atoms with van der Waals surface area (Å²) in [5.41, 5.74) is 5.54. The molecule has 1 saturated heterocycles. The molecule has 20 heavy (non-hydrogen) atoms. The van der Waals surface area contributed by atoms with E-state index in [9.17, 15) is 4.79 Å². The molecule has 4 nitrogen and oxygen atoms in total. The minimum absolute atomic E-state index is 0.225. The van der Waals surface area contributed by atoms with Crippen LogP contribution in [0.3, 0.4) is 0 Å². The zero-order valence-electron chi connectivity index (χ0n) is 12.6. The highest BCUT2D eigenvalue weighted by atomic mass is 16.5. The summed E-state index contributed by atoms with van der Waals surface area (Å²) in [6.07, 6.45) is 10.8. The summed E-state index contributed by atoms with van der Waals surface area (Å²) >= 11 is 0. The molecule has 114 valence electrons. The van der Waals surface area contributed by atoms with Crippen molar-refractivity contribution in [3.63, 3.8) is 0 Å². The molecule has 2 saturated carbocycles. The van der Waals surface area contributed by atoms with E-state index in [2.05, 4.69) is 4.90 Å². The molecular weight excluding hydrogens is 252 g/mol. The van der Waals surface area contributed by atoms with Crippen molar-refractivity contribution >= 4 is 5.97 Å². The molecule has 4 heteroatoms. The maximum absolute atomic E-state index is 11.9. The third kappa shape index (κ3) is 2.48. The van der Waals surface area contributed by atoms with E-state index in [1.54, 1.807) is 0 Å². The predicted molar refractivity (Wildman–Crippen MR) is 78.3 cm³/mol. The van der Waals surface area contributed by atoms with E-state index in [1.807, 2.05) is 0 Å². The maximum atomic E-state index is 11.9. The van der Waals surface area contributed by atoms with Gasteiger partial charge in [0.05, 0.1) is 7.11 Å². The van der Waals surface area contributed by atoms with E-state index in [0.717, 1.165) is 31.2 Å². The molecule has 0 radical (unpaired) electrons. The minimum atomic E-state index is -0.735. The Labute approximate surface area is 122 Å². The standard InChI is InChI=1S/C16H28N2O2/c1-20-15(19)16(17)9-8-13(11-16)18-10-4-6-12-5-2-3-7-14(12)18/h12-14H,2-11,17H2,1H3. The number of fused-ring (bicyclic) bond motifs is 1. The van der Waals surface area contributed by atoms with Crippen LogP contribution >= 0.6 is 0 Å². The maximum Gasteiger partial charge on any atom is 0.325 e. The highest BCUT2D eigenvalue weighted by Crippen LogP contribution is 2.41. The third-order valence-electron chi connectivity index (χ3n) is 5.87. The van der Waals surface area contributed by atoms with Gasteiger partial charge in [-0.3, -0.25) is 9.69 Å². The van der Waals surface area contributed by atoms with Gasteiger partial charge in [-0.15, -0.1) is 0 Å². The Balaban J connectivity index is 1.68. The molecule has 1 aliphatic heterocycles. The Morgan fingerprint density at radius 3 is 2.75 bits per heavy atom. The van der Waals surface area contributed by atoms with Gasteiger partial charge in [0.2, 0.25) is 0 Å². The summed E-state index contributed by atoms with van der Waals surface area (Å²) in [6, 6.07) is 1.24. The Hall–Kier alpha value is -0.610. The molecule has 0 aromatic heterocycles. The second-order valence-electron chi connectivity index (χ2n) is 7.04. The van der Waals surface area contributed by atoms with Gasteiger partial charge in [0, 0.05) is 12.1 Å². The number of ether oxygens (including phenoxy) is 1. The van der Waals surface area contributed by atoms with Crippen LogP contribution in [0.4, 0.5) is 0 Å². The van der Waals surface area contributed by atoms with Crippen molar-refractivity contribution in [1.29, 1.82) is 0 Å². The lowest BCUT2D eigenvalue weighted by atomic mass is 9.77. The first-order chi connectivity index (χ1) is 9.64. The van der Waals surface area contributed by atoms with Crippen LogP contribution in [0, 0.1) is 5.92 Å². The molecule has 3 rings (SSSR count). The minimum Gasteiger partial charge on any atom is -0.468 e. The average Bonchev–Trinajstić information content (AvgIpc) is 2.89. The fourth-order valence-corrected chi connectivity index (χ4v) is 4.84. The Bertz CT molecular complexity index is 371. The van der Waals surface area contributed by atoms with Crippen LogP contribution in [0.2, 0.25) is 0 Å². The largest absolute Gasteiger partial charge is 0.468 e. The van der Waals surface area contributed by atoms with Gasteiger partial charge in [-0.2, -0.15) is 0 Å². The van der Waals surface area contributed by atoms with Crippen LogP contribution in [0.5, 0.6) is 0 Å². The van der Waals surface area contributed by atoms with Gasteiger partial charge >= 0.3 is 5.97 Å². The van der Waals surface area contributed by atoms with Crippen molar-refractivity contribution in [3.8, 4) is 0 Å². The SMILES string of the molecule is COC(=O)C1(N)CCC(N2CCCC3CCCCC32)C1. The van der Waals surface area contributed by atoms with Crippen LogP contribution in [0.1, 0.15) is 57.8 Å². The normalized spacial score (nSPS) is 42.2. The molecule has 4 unspecified atom stereocenters. The molecule has 2 N–H and O–H groups in total. The fraction of sp³-hybridized carbons (Fsp3) is 0.938. The monoisotopic (exact) mass is 280 g/mol. The summed E-state index contributed by atoms with van der Waals surface area (Å²) in [7, 11) is 1.45. The van der Waals surface area contributed by atoms with Crippen LogP contribution in [-0.4, -0.2) is 42.1 Å². The number of nitrogens with two attached hydrogens (primary N) is 1. The molecule has 1 heterocycles. The summed E-state index contributed by atoms with van der Waals surface area (Å²) in [5.74, 6) is 0.667. The molecule has 0 bridgehead atoms. The average molecular weight is 280 g/mol. The van der Waals surface area contributed by atoms with Crippen molar-refractivity contribution in [1.82, 2.24) is 4.90 Å². The number of rotatable bonds is 2. The number of nitrogens with zero attached hydrogens (tertiary/aromatic N) is 1. The first-order valence-corrected chi connectivity index (χ1v) is 8.27. The van der Waals surface area contributed by atoms with E-state index >= 15 is 0 Å². The summed E-state index contributed by atoms with van der Waals surface area (Å²) < 4.78 is 4.90. The van der Waals surface area contributed by atoms with E-state index in [4.69, 9.17) is 10.5 Å². The highest BCUT2D eigenvalue weighted by Gasteiger charge is 2.47. The summed E-state index contributed by atoms with van der Waals surface area (Å²) in [4.78, 5) is 14.6. The van der Waals surface area contributed by atoms with Crippen molar-refractivity contribution in [2.45, 2.75) is 75.4 Å². The predicted octanol–water partition coefficient (Wildman–Crippen LogP) is 2.06.